The van der Waals surface area contributed by atoms with Crippen molar-refractivity contribution in [3.05, 3.63) is 88.7 Å². The first-order valence-corrected chi connectivity index (χ1v) is 9.22. The van der Waals surface area contributed by atoms with Crippen molar-refractivity contribution in [2.24, 2.45) is 0 Å². The van der Waals surface area contributed by atoms with Gasteiger partial charge in [0.1, 0.15) is 18.1 Å². The van der Waals surface area contributed by atoms with Crippen molar-refractivity contribution in [1.29, 1.82) is 0 Å². The van der Waals surface area contributed by atoms with Crippen LogP contribution >= 0.6 is 0 Å². The summed E-state index contributed by atoms with van der Waals surface area (Å²) in [5.41, 5.74) is 4.42. The van der Waals surface area contributed by atoms with Crippen molar-refractivity contribution in [2.45, 2.75) is 26.9 Å². The first-order chi connectivity index (χ1) is 13.5. The number of aryl methyl sites for hydroxylation is 2. The number of rotatable bonds is 7. The number of benzene rings is 2. The van der Waals surface area contributed by atoms with E-state index < -0.39 is 0 Å². The maximum atomic E-state index is 12.5. The van der Waals surface area contributed by atoms with Crippen molar-refractivity contribution in [3.63, 3.8) is 0 Å². The van der Waals surface area contributed by atoms with Crippen LogP contribution < -0.4 is 10.1 Å². The summed E-state index contributed by atoms with van der Waals surface area (Å²) in [5, 5.41) is 12.4. The Morgan fingerprint density at radius 2 is 1.82 bits per heavy atom. The molecule has 1 aromatic heterocycles. The summed E-state index contributed by atoms with van der Waals surface area (Å²) in [7, 11) is 0. The number of carbonyl (C=O) groups excluding carboxylic acids is 1. The third kappa shape index (κ3) is 5.10. The van der Waals surface area contributed by atoms with Crippen molar-refractivity contribution in [2.75, 3.05) is 6.54 Å². The molecule has 0 saturated carbocycles. The lowest BCUT2D eigenvalue weighted by Gasteiger charge is -2.14. The Morgan fingerprint density at radius 1 is 1.07 bits per heavy atom. The van der Waals surface area contributed by atoms with Crippen LogP contribution in [0, 0.1) is 13.8 Å². The molecule has 0 radical (unpaired) electrons. The zero-order valence-corrected chi connectivity index (χ0v) is 16.1. The van der Waals surface area contributed by atoms with Crippen LogP contribution in [0.1, 0.15) is 32.6 Å². The van der Waals surface area contributed by atoms with Gasteiger partial charge in [0, 0.05) is 30.1 Å². The number of carbonyl (C=O) groups is 1. The van der Waals surface area contributed by atoms with E-state index >= 15 is 0 Å². The number of ether oxygens (including phenoxy) is 1. The third-order valence-corrected chi connectivity index (χ3v) is 4.44. The van der Waals surface area contributed by atoms with Gasteiger partial charge in [0.25, 0.3) is 5.91 Å². The quantitative estimate of drug-likeness (QED) is 0.655. The average Bonchev–Trinajstić information content (AvgIpc) is 2.68. The molecule has 0 aliphatic heterocycles. The van der Waals surface area contributed by atoms with Crippen molar-refractivity contribution < 1.29 is 14.6 Å². The summed E-state index contributed by atoms with van der Waals surface area (Å²) in [5.74, 6) is 0.905. The molecule has 2 aromatic carbocycles. The predicted octanol–water partition coefficient (Wildman–Crippen LogP) is 3.96. The zero-order valence-electron chi connectivity index (χ0n) is 16.1. The van der Waals surface area contributed by atoms with Gasteiger partial charge in [-0.25, -0.2) is 0 Å². The van der Waals surface area contributed by atoms with Gasteiger partial charge in [-0.1, -0.05) is 18.2 Å². The molecular weight excluding hydrogens is 352 g/mol. The van der Waals surface area contributed by atoms with E-state index in [1.165, 1.54) is 0 Å². The fourth-order valence-electron chi connectivity index (χ4n) is 3.08. The number of hydrogen-bond donors (Lipinski definition) is 2. The molecule has 0 unspecified atom stereocenters. The minimum absolute atomic E-state index is 0.120. The van der Waals surface area contributed by atoms with E-state index in [1.54, 1.807) is 30.6 Å². The first kappa shape index (κ1) is 19.4. The largest absolute Gasteiger partial charge is 0.508 e. The topological polar surface area (TPSA) is 71.5 Å². The molecule has 0 bridgehead atoms. The molecular formula is C23H24N2O3. The average molecular weight is 376 g/mol. The molecule has 3 rings (SSSR count). The monoisotopic (exact) mass is 376 g/mol. The van der Waals surface area contributed by atoms with Crippen molar-refractivity contribution in [3.8, 4) is 11.5 Å². The number of phenols is 1. The van der Waals surface area contributed by atoms with E-state index in [2.05, 4.69) is 10.3 Å². The standard InChI is InChI=1S/C23H24N2O3/c1-16-11-20(23(27)25-10-8-18-5-3-7-21(26)13-18)12-17(2)22(16)28-15-19-6-4-9-24-14-19/h3-7,9,11-14,26H,8,10,15H2,1-2H3,(H,25,27). The van der Waals surface area contributed by atoms with E-state index in [-0.39, 0.29) is 11.7 Å². The van der Waals surface area contributed by atoms with Gasteiger partial charge < -0.3 is 15.2 Å². The summed E-state index contributed by atoms with van der Waals surface area (Å²) in [4.78, 5) is 16.6. The van der Waals surface area contributed by atoms with E-state index in [0.717, 1.165) is 28.0 Å². The number of nitrogens with zero attached hydrogens (tertiary/aromatic N) is 1. The minimum atomic E-state index is -0.120. The summed E-state index contributed by atoms with van der Waals surface area (Å²) in [6.45, 7) is 4.81. The predicted molar refractivity (Wildman–Crippen MR) is 109 cm³/mol. The van der Waals surface area contributed by atoms with Gasteiger partial charge in [-0.05, 0) is 67.3 Å². The molecule has 0 aliphatic rings. The number of amides is 1. The number of aromatic hydroxyl groups is 1. The van der Waals surface area contributed by atoms with Crippen molar-refractivity contribution in [1.82, 2.24) is 10.3 Å². The van der Waals surface area contributed by atoms with Gasteiger partial charge >= 0.3 is 0 Å². The first-order valence-electron chi connectivity index (χ1n) is 9.22. The maximum absolute atomic E-state index is 12.5. The number of hydrogen-bond acceptors (Lipinski definition) is 4. The highest BCUT2D eigenvalue weighted by Gasteiger charge is 2.12. The zero-order chi connectivity index (χ0) is 19.9. The van der Waals surface area contributed by atoms with Gasteiger partial charge in [0.15, 0.2) is 0 Å². The SMILES string of the molecule is Cc1cc(C(=O)NCCc2cccc(O)c2)cc(C)c1OCc1cccnc1. The van der Waals surface area contributed by atoms with Crippen LogP contribution in [0.4, 0.5) is 0 Å². The van der Waals surface area contributed by atoms with Crippen molar-refractivity contribution >= 4 is 5.91 Å². The molecule has 144 valence electrons. The third-order valence-electron chi connectivity index (χ3n) is 4.44. The van der Waals surface area contributed by atoms with Crippen LogP contribution in [0.25, 0.3) is 0 Å². The molecule has 28 heavy (non-hydrogen) atoms. The second-order valence-electron chi connectivity index (χ2n) is 6.76. The molecule has 5 nitrogen and oxygen atoms in total. The normalized spacial score (nSPS) is 10.5. The molecule has 0 fully saturated rings. The van der Waals surface area contributed by atoms with E-state index in [0.29, 0.717) is 25.1 Å². The van der Waals surface area contributed by atoms with Crippen LogP contribution in [-0.4, -0.2) is 22.5 Å². The number of phenolic OH excluding ortho intramolecular Hbond substituents is 1. The Labute approximate surface area is 165 Å². The van der Waals surface area contributed by atoms with E-state index in [9.17, 15) is 9.90 Å². The minimum Gasteiger partial charge on any atom is -0.508 e. The lowest BCUT2D eigenvalue weighted by Crippen LogP contribution is -2.25. The molecule has 3 aromatic rings. The Balaban J connectivity index is 1.60. The fraction of sp³-hybridized carbons (Fsp3) is 0.217. The highest BCUT2D eigenvalue weighted by atomic mass is 16.5. The van der Waals surface area contributed by atoms with Crippen LogP contribution in [0.3, 0.4) is 0 Å². The van der Waals surface area contributed by atoms with Crippen LogP contribution in [0.15, 0.2) is 60.9 Å². The lowest BCUT2D eigenvalue weighted by atomic mass is 10.0. The van der Waals surface area contributed by atoms with Gasteiger partial charge in [0.2, 0.25) is 0 Å². The second-order valence-corrected chi connectivity index (χ2v) is 6.76. The summed E-state index contributed by atoms with van der Waals surface area (Å²) in [6.07, 6.45) is 4.16. The molecule has 1 amide bonds. The van der Waals surface area contributed by atoms with Gasteiger partial charge in [0.05, 0.1) is 0 Å². The molecule has 0 spiro atoms. The second kappa shape index (κ2) is 9.04. The Kier molecular flexibility index (Phi) is 6.27. The fourth-order valence-corrected chi connectivity index (χ4v) is 3.08. The van der Waals surface area contributed by atoms with E-state index in [1.807, 2.05) is 44.2 Å². The molecule has 0 atom stereocenters. The number of nitrogens with one attached hydrogen (secondary N) is 1. The number of pyridine rings is 1. The van der Waals surface area contributed by atoms with Gasteiger partial charge in [-0.2, -0.15) is 0 Å². The lowest BCUT2D eigenvalue weighted by molar-refractivity contribution is 0.0954. The Hall–Kier alpha value is -3.34. The Bertz CT molecular complexity index is 932. The van der Waals surface area contributed by atoms with Crippen LogP contribution in [0.5, 0.6) is 11.5 Å². The van der Waals surface area contributed by atoms with Gasteiger partial charge in [-0.15, -0.1) is 0 Å². The highest BCUT2D eigenvalue weighted by Crippen LogP contribution is 2.25. The summed E-state index contributed by atoms with van der Waals surface area (Å²) >= 11 is 0. The summed E-state index contributed by atoms with van der Waals surface area (Å²) < 4.78 is 5.94. The molecule has 2 N–H and O–H groups in total. The highest BCUT2D eigenvalue weighted by molar-refractivity contribution is 5.94. The summed E-state index contributed by atoms with van der Waals surface area (Å²) in [6, 6.07) is 14.6. The molecule has 5 heteroatoms. The molecule has 1 heterocycles. The van der Waals surface area contributed by atoms with Gasteiger partial charge in [-0.3, -0.25) is 9.78 Å². The Morgan fingerprint density at radius 3 is 2.50 bits per heavy atom. The van der Waals surface area contributed by atoms with E-state index in [4.69, 9.17) is 4.74 Å². The number of aromatic nitrogens is 1. The molecule has 0 aliphatic carbocycles. The molecule has 0 saturated heterocycles. The van der Waals surface area contributed by atoms with Crippen LogP contribution in [-0.2, 0) is 13.0 Å². The smallest absolute Gasteiger partial charge is 0.251 e. The maximum Gasteiger partial charge on any atom is 0.251 e. The van der Waals surface area contributed by atoms with Crippen LogP contribution in [0.2, 0.25) is 0 Å².